The third-order valence-electron chi connectivity index (χ3n) is 7.08. The molecule has 33 heavy (non-hydrogen) atoms. The molecule has 7 heteroatoms. The molecule has 6 nitrogen and oxygen atoms in total. The van der Waals surface area contributed by atoms with Crippen LogP contribution in [0.3, 0.4) is 0 Å². The van der Waals surface area contributed by atoms with Gasteiger partial charge in [0, 0.05) is 49.6 Å². The zero-order valence-corrected chi connectivity index (χ0v) is 20.3. The number of hydrogen-bond donors (Lipinski definition) is 2. The Hall–Kier alpha value is -2.22. The summed E-state index contributed by atoms with van der Waals surface area (Å²) in [6, 6.07) is 15.0. The molecule has 1 aromatic carbocycles. The summed E-state index contributed by atoms with van der Waals surface area (Å²) < 4.78 is 0. The molecule has 2 aliphatic rings. The van der Waals surface area contributed by atoms with E-state index < -0.39 is 6.04 Å². The molecule has 1 aliphatic heterocycles. The highest BCUT2D eigenvalue weighted by Gasteiger charge is 2.38. The van der Waals surface area contributed by atoms with E-state index in [1.54, 1.807) is 23.2 Å². The minimum atomic E-state index is -0.418. The molecular formula is C26H36N4O2S. The highest BCUT2D eigenvalue weighted by atomic mass is 32.1. The van der Waals surface area contributed by atoms with Crippen molar-refractivity contribution >= 4 is 23.2 Å². The van der Waals surface area contributed by atoms with Crippen molar-refractivity contribution in [2.24, 2.45) is 5.73 Å². The summed E-state index contributed by atoms with van der Waals surface area (Å²) in [5, 5.41) is 5.36. The number of nitrogens with two attached hydrogens (primary N) is 1. The van der Waals surface area contributed by atoms with E-state index in [4.69, 9.17) is 5.73 Å². The number of thiophene rings is 1. The topological polar surface area (TPSA) is 78.7 Å². The number of benzene rings is 1. The predicted octanol–water partition coefficient (Wildman–Crippen LogP) is 3.52. The summed E-state index contributed by atoms with van der Waals surface area (Å²) >= 11 is 1.77. The van der Waals surface area contributed by atoms with E-state index in [9.17, 15) is 9.59 Å². The molecule has 2 atom stereocenters. The average molecular weight is 469 g/mol. The van der Waals surface area contributed by atoms with Gasteiger partial charge in [-0.25, -0.2) is 0 Å². The molecule has 3 N–H and O–H groups in total. The van der Waals surface area contributed by atoms with Crippen molar-refractivity contribution in [1.29, 1.82) is 0 Å². The normalized spacial score (nSPS) is 25.7. The molecule has 2 aromatic rings. The van der Waals surface area contributed by atoms with Crippen molar-refractivity contribution in [2.75, 3.05) is 6.54 Å². The van der Waals surface area contributed by atoms with Gasteiger partial charge in [0.25, 0.3) is 0 Å². The lowest BCUT2D eigenvalue weighted by Crippen LogP contribution is -2.58. The number of piperidine rings is 1. The highest BCUT2D eigenvalue weighted by molar-refractivity contribution is 7.09. The van der Waals surface area contributed by atoms with Gasteiger partial charge < -0.3 is 16.0 Å². The second kappa shape index (κ2) is 11.3. The summed E-state index contributed by atoms with van der Waals surface area (Å²) in [7, 11) is 0. The van der Waals surface area contributed by atoms with Gasteiger partial charge in [0.05, 0.1) is 0 Å². The number of amides is 2. The molecule has 178 valence electrons. The van der Waals surface area contributed by atoms with Gasteiger partial charge in [0.2, 0.25) is 11.8 Å². The van der Waals surface area contributed by atoms with Crippen LogP contribution < -0.4 is 11.1 Å². The van der Waals surface area contributed by atoms with Crippen LogP contribution in [0.2, 0.25) is 0 Å². The van der Waals surface area contributed by atoms with Crippen molar-refractivity contribution < 1.29 is 9.59 Å². The Morgan fingerprint density at radius 2 is 1.82 bits per heavy atom. The molecule has 0 bridgehead atoms. The minimum Gasteiger partial charge on any atom is -0.352 e. The summed E-state index contributed by atoms with van der Waals surface area (Å²) in [6.07, 6.45) is 5.26. The fourth-order valence-corrected chi connectivity index (χ4v) is 5.93. The molecule has 0 spiro atoms. The Labute approximate surface area is 201 Å². The number of carbonyl (C=O) groups is 2. The largest absolute Gasteiger partial charge is 0.352 e. The van der Waals surface area contributed by atoms with E-state index in [0.29, 0.717) is 13.0 Å². The van der Waals surface area contributed by atoms with E-state index in [1.807, 2.05) is 6.07 Å². The highest BCUT2D eigenvalue weighted by Crippen LogP contribution is 2.27. The molecule has 2 amide bonds. The van der Waals surface area contributed by atoms with Gasteiger partial charge in [0.15, 0.2) is 0 Å². The molecule has 1 aliphatic carbocycles. The first-order chi connectivity index (χ1) is 16.0. The van der Waals surface area contributed by atoms with E-state index in [2.05, 4.69) is 52.0 Å². The maximum atomic E-state index is 13.4. The van der Waals surface area contributed by atoms with Crippen LogP contribution in [0, 0.1) is 0 Å². The van der Waals surface area contributed by atoms with Crippen LogP contribution in [0.1, 0.15) is 55.9 Å². The minimum absolute atomic E-state index is 0.00819. The van der Waals surface area contributed by atoms with Crippen molar-refractivity contribution in [3.8, 4) is 0 Å². The first-order valence-corrected chi connectivity index (χ1v) is 13.0. The van der Waals surface area contributed by atoms with Gasteiger partial charge in [-0.15, -0.1) is 11.3 Å². The van der Waals surface area contributed by atoms with Gasteiger partial charge in [-0.3, -0.25) is 14.5 Å². The molecule has 0 radical (unpaired) electrons. The zero-order chi connectivity index (χ0) is 23.2. The Balaban J connectivity index is 1.48. The maximum absolute atomic E-state index is 13.4. The Morgan fingerprint density at radius 1 is 1.06 bits per heavy atom. The molecule has 1 saturated heterocycles. The third-order valence-corrected chi connectivity index (χ3v) is 7.95. The molecule has 1 unspecified atom stereocenters. The first kappa shape index (κ1) is 23.9. The second-order valence-corrected chi connectivity index (χ2v) is 10.5. The van der Waals surface area contributed by atoms with E-state index in [0.717, 1.165) is 45.2 Å². The number of rotatable bonds is 7. The van der Waals surface area contributed by atoms with E-state index in [-0.39, 0.29) is 29.9 Å². The number of hydrogen-bond acceptors (Lipinski definition) is 5. The fourth-order valence-electron chi connectivity index (χ4n) is 5.20. The Kier molecular flexibility index (Phi) is 8.17. The van der Waals surface area contributed by atoms with Crippen LogP contribution in [0.15, 0.2) is 47.8 Å². The number of likely N-dealkylation sites (tertiary alicyclic amines) is 1. The maximum Gasteiger partial charge on any atom is 0.243 e. The number of nitrogens with one attached hydrogen (secondary N) is 1. The second-order valence-electron chi connectivity index (χ2n) is 9.50. The molecular weight excluding hydrogens is 432 g/mol. The van der Waals surface area contributed by atoms with Crippen LogP contribution >= 0.6 is 11.3 Å². The van der Waals surface area contributed by atoms with Crippen LogP contribution in [0.25, 0.3) is 0 Å². The van der Waals surface area contributed by atoms with Crippen molar-refractivity contribution in [3.63, 3.8) is 0 Å². The molecule has 4 rings (SSSR count). The Morgan fingerprint density at radius 3 is 2.48 bits per heavy atom. The summed E-state index contributed by atoms with van der Waals surface area (Å²) in [5.41, 5.74) is 7.30. The molecule has 2 fully saturated rings. The van der Waals surface area contributed by atoms with Crippen molar-refractivity contribution in [1.82, 2.24) is 15.1 Å². The fraction of sp³-hybridized carbons (Fsp3) is 0.538. The lowest BCUT2D eigenvalue weighted by atomic mass is 9.90. The van der Waals surface area contributed by atoms with Crippen molar-refractivity contribution in [2.45, 2.75) is 82.7 Å². The van der Waals surface area contributed by atoms with Gasteiger partial charge in [0.1, 0.15) is 6.04 Å². The zero-order valence-electron chi connectivity index (χ0n) is 19.5. The molecule has 1 aromatic heterocycles. The van der Waals surface area contributed by atoms with Crippen LogP contribution in [-0.2, 0) is 22.7 Å². The average Bonchev–Trinajstić information content (AvgIpc) is 3.33. The summed E-state index contributed by atoms with van der Waals surface area (Å²) in [6.45, 7) is 3.88. The van der Waals surface area contributed by atoms with Gasteiger partial charge in [-0.05, 0) is 55.5 Å². The van der Waals surface area contributed by atoms with Crippen LogP contribution in [0.5, 0.6) is 0 Å². The summed E-state index contributed by atoms with van der Waals surface area (Å²) in [4.78, 5) is 31.3. The smallest absolute Gasteiger partial charge is 0.243 e. The monoisotopic (exact) mass is 468 g/mol. The van der Waals surface area contributed by atoms with Gasteiger partial charge >= 0.3 is 0 Å². The molecule has 2 heterocycles. The Bertz CT molecular complexity index is 896. The predicted molar refractivity (Wildman–Crippen MR) is 133 cm³/mol. The van der Waals surface area contributed by atoms with E-state index in [1.165, 1.54) is 10.4 Å². The molecule has 1 saturated carbocycles. The van der Waals surface area contributed by atoms with E-state index >= 15 is 0 Å². The third kappa shape index (κ3) is 6.43. The van der Waals surface area contributed by atoms with Gasteiger partial charge in [-0.2, -0.15) is 0 Å². The first-order valence-electron chi connectivity index (χ1n) is 12.1. The van der Waals surface area contributed by atoms with Crippen LogP contribution in [-0.4, -0.2) is 52.3 Å². The van der Waals surface area contributed by atoms with Crippen LogP contribution in [0.4, 0.5) is 0 Å². The summed E-state index contributed by atoms with van der Waals surface area (Å²) in [5.74, 6) is -0.0294. The lowest BCUT2D eigenvalue weighted by molar-refractivity contribution is -0.142. The standard InChI is InChI=1S/C26H36N4O2S/c1-19(31)30-14-13-23(16-25(30)26(32)28-22-11-9-21(27)10-12-22)29(18-24-8-5-15-33-24)17-20-6-3-2-4-7-20/h2-8,15,21-23,25H,9-14,16-18,27H2,1H3,(H,28,32)/t21?,22?,23?,25-/m1/s1. The van der Waals surface area contributed by atoms with Gasteiger partial charge in [-0.1, -0.05) is 36.4 Å². The quantitative estimate of drug-likeness (QED) is 0.652. The lowest BCUT2D eigenvalue weighted by Gasteiger charge is -2.43. The number of nitrogens with zero attached hydrogens (tertiary/aromatic N) is 2. The SMILES string of the molecule is CC(=O)N1CCC(N(Cc2ccccc2)Cc2cccs2)C[C@@H]1C(=O)NC1CCC(N)CC1. The number of carbonyl (C=O) groups excluding carboxylic acids is 2. The van der Waals surface area contributed by atoms with Crippen molar-refractivity contribution in [3.05, 3.63) is 58.3 Å².